The predicted octanol–water partition coefficient (Wildman–Crippen LogP) is 1.68. The second-order valence-electron chi connectivity index (χ2n) is 3.16. The van der Waals surface area contributed by atoms with Gasteiger partial charge in [-0.3, -0.25) is 0 Å². The molecule has 2 N–H and O–H groups in total. The van der Waals surface area contributed by atoms with Crippen LogP contribution in [0.25, 0.3) is 0 Å². The Hall–Kier alpha value is -1.14. The topological polar surface area (TPSA) is 71.5 Å². The zero-order chi connectivity index (χ0) is 11.3. The van der Waals surface area contributed by atoms with Crippen LogP contribution in [0.1, 0.15) is 23.8 Å². The van der Waals surface area contributed by atoms with Gasteiger partial charge in [0.25, 0.3) is 0 Å². The number of ether oxygens (including phenoxy) is 1. The van der Waals surface area contributed by atoms with Crippen molar-refractivity contribution < 1.29 is 14.6 Å². The number of nitrogens with zero attached hydrogens (tertiary/aromatic N) is 1. The van der Waals surface area contributed by atoms with Crippen molar-refractivity contribution in [3.05, 3.63) is 11.2 Å². The van der Waals surface area contributed by atoms with Crippen LogP contribution >= 0.6 is 11.3 Å². The molecule has 15 heavy (non-hydrogen) atoms. The van der Waals surface area contributed by atoms with Crippen molar-refractivity contribution in [2.24, 2.45) is 0 Å². The van der Waals surface area contributed by atoms with E-state index in [1.54, 1.807) is 7.11 Å². The predicted molar refractivity (Wildman–Crippen MR) is 58.7 cm³/mol. The lowest BCUT2D eigenvalue weighted by Crippen LogP contribution is -2.18. The third-order valence-corrected chi connectivity index (χ3v) is 2.66. The first kappa shape index (κ1) is 11.9. The number of methoxy groups -OCH3 is 1. The number of thiazole rings is 1. The number of carbonyl (C=O) groups is 1. The summed E-state index contributed by atoms with van der Waals surface area (Å²) in [5.41, 5.74) is 1.61. The van der Waals surface area contributed by atoms with Crippen LogP contribution in [0.2, 0.25) is 0 Å². The van der Waals surface area contributed by atoms with E-state index in [4.69, 9.17) is 9.84 Å². The van der Waals surface area contributed by atoms with Crippen molar-refractivity contribution in [3.8, 4) is 0 Å². The summed E-state index contributed by atoms with van der Waals surface area (Å²) in [5.74, 6) is -1.00. The molecule has 1 rings (SSSR count). The van der Waals surface area contributed by atoms with Crippen molar-refractivity contribution in [1.82, 2.24) is 4.98 Å². The fourth-order valence-corrected chi connectivity index (χ4v) is 1.88. The van der Waals surface area contributed by atoms with Gasteiger partial charge < -0.3 is 15.2 Å². The standard InChI is InChI=1S/C9H14N2O3S/c1-6(3-4-14-2)11-8-7(9(12)13)10-5-15-8/h5-6,11H,3-4H2,1-2H3,(H,12,13). The second kappa shape index (κ2) is 5.67. The second-order valence-corrected chi connectivity index (χ2v) is 4.02. The van der Waals surface area contributed by atoms with E-state index in [9.17, 15) is 4.79 Å². The van der Waals surface area contributed by atoms with E-state index in [1.807, 2.05) is 6.92 Å². The summed E-state index contributed by atoms with van der Waals surface area (Å²) in [4.78, 5) is 14.5. The molecule has 0 bridgehead atoms. The van der Waals surface area contributed by atoms with E-state index in [1.165, 1.54) is 16.8 Å². The van der Waals surface area contributed by atoms with Crippen LogP contribution in [0.3, 0.4) is 0 Å². The third-order valence-electron chi connectivity index (χ3n) is 1.90. The van der Waals surface area contributed by atoms with Gasteiger partial charge in [0.05, 0.1) is 5.51 Å². The fraction of sp³-hybridized carbons (Fsp3) is 0.556. The number of aromatic nitrogens is 1. The molecule has 0 aliphatic heterocycles. The fourth-order valence-electron chi connectivity index (χ4n) is 1.09. The highest BCUT2D eigenvalue weighted by Crippen LogP contribution is 2.21. The Kier molecular flexibility index (Phi) is 4.51. The van der Waals surface area contributed by atoms with Gasteiger partial charge in [0.1, 0.15) is 5.00 Å². The van der Waals surface area contributed by atoms with Gasteiger partial charge in [0.2, 0.25) is 0 Å². The van der Waals surface area contributed by atoms with Gasteiger partial charge in [0, 0.05) is 19.8 Å². The normalized spacial score (nSPS) is 12.4. The summed E-state index contributed by atoms with van der Waals surface area (Å²) in [5, 5.41) is 12.5. The first-order valence-electron chi connectivity index (χ1n) is 4.57. The number of nitrogens with one attached hydrogen (secondary N) is 1. The summed E-state index contributed by atoms with van der Waals surface area (Å²) in [6, 6.07) is 0.170. The van der Waals surface area contributed by atoms with Crippen LogP contribution in [-0.4, -0.2) is 35.8 Å². The number of anilines is 1. The molecule has 1 aromatic rings. The van der Waals surface area contributed by atoms with Gasteiger partial charge in [-0.1, -0.05) is 0 Å². The summed E-state index contributed by atoms with van der Waals surface area (Å²) in [6.45, 7) is 2.62. The summed E-state index contributed by atoms with van der Waals surface area (Å²) < 4.78 is 4.94. The van der Waals surface area contributed by atoms with Gasteiger partial charge in [-0.25, -0.2) is 9.78 Å². The molecule has 0 radical (unpaired) electrons. The smallest absolute Gasteiger partial charge is 0.357 e. The Bertz CT molecular complexity index is 327. The number of hydrogen-bond acceptors (Lipinski definition) is 5. The number of aromatic carboxylic acids is 1. The molecule has 0 aliphatic rings. The van der Waals surface area contributed by atoms with E-state index in [0.29, 0.717) is 11.6 Å². The number of rotatable bonds is 6. The zero-order valence-electron chi connectivity index (χ0n) is 8.69. The lowest BCUT2D eigenvalue weighted by Gasteiger charge is -2.12. The SMILES string of the molecule is COCCC(C)Nc1scnc1C(=O)O. The maximum atomic E-state index is 10.8. The Morgan fingerprint density at radius 1 is 1.80 bits per heavy atom. The Balaban J connectivity index is 2.56. The molecular formula is C9H14N2O3S. The van der Waals surface area contributed by atoms with E-state index in [-0.39, 0.29) is 11.7 Å². The van der Waals surface area contributed by atoms with Crippen LogP contribution < -0.4 is 5.32 Å². The van der Waals surface area contributed by atoms with Gasteiger partial charge in [-0.2, -0.15) is 0 Å². The van der Waals surface area contributed by atoms with E-state index in [2.05, 4.69) is 10.3 Å². The molecule has 84 valence electrons. The van der Waals surface area contributed by atoms with E-state index >= 15 is 0 Å². The highest BCUT2D eigenvalue weighted by Gasteiger charge is 2.14. The van der Waals surface area contributed by atoms with Crippen molar-refractivity contribution in [3.63, 3.8) is 0 Å². The van der Waals surface area contributed by atoms with Crippen molar-refractivity contribution >= 4 is 22.3 Å². The molecule has 1 unspecified atom stereocenters. The molecule has 1 heterocycles. The minimum absolute atomic E-state index is 0.0873. The Labute approximate surface area is 92.1 Å². The average Bonchev–Trinajstić information content (AvgIpc) is 2.62. The molecule has 0 saturated carbocycles. The Morgan fingerprint density at radius 3 is 3.13 bits per heavy atom. The summed E-state index contributed by atoms with van der Waals surface area (Å²) in [7, 11) is 1.64. The molecule has 0 aliphatic carbocycles. The number of hydrogen-bond donors (Lipinski definition) is 2. The van der Waals surface area contributed by atoms with Crippen molar-refractivity contribution in [1.29, 1.82) is 0 Å². The van der Waals surface area contributed by atoms with Crippen LogP contribution in [0, 0.1) is 0 Å². The molecule has 1 atom stereocenters. The quantitative estimate of drug-likeness (QED) is 0.778. The molecule has 0 aromatic carbocycles. The maximum absolute atomic E-state index is 10.8. The molecule has 0 fully saturated rings. The summed E-state index contributed by atoms with van der Waals surface area (Å²) in [6.07, 6.45) is 0.827. The van der Waals surface area contributed by atoms with Gasteiger partial charge >= 0.3 is 5.97 Å². The van der Waals surface area contributed by atoms with Crippen LogP contribution in [0.5, 0.6) is 0 Å². The molecular weight excluding hydrogens is 216 g/mol. The molecule has 1 aromatic heterocycles. The summed E-state index contributed by atoms with van der Waals surface area (Å²) >= 11 is 1.30. The molecule has 6 heteroatoms. The first-order valence-corrected chi connectivity index (χ1v) is 5.45. The lowest BCUT2D eigenvalue weighted by atomic mass is 10.2. The average molecular weight is 230 g/mol. The zero-order valence-corrected chi connectivity index (χ0v) is 9.50. The third kappa shape index (κ3) is 3.49. The van der Waals surface area contributed by atoms with Gasteiger partial charge in [0.15, 0.2) is 5.69 Å². The lowest BCUT2D eigenvalue weighted by molar-refractivity contribution is 0.0692. The monoisotopic (exact) mass is 230 g/mol. The van der Waals surface area contributed by atoms with Crippen LogP contribution in [0.15, 0.2) is 5.51 Å². The minimum Gasteiger partial charge on any atom is -0.476 e. The van der Waals surface area contributed by atoms with Crippen LogP contribution in [0.4, 0.5) is 5.00 Å². The molecule has 0 amide bonds. The highest BCUT2D eigenvalue weighted by atomic mass is 32.1. The first-order chi connectivity index (χ1) is 7.15. The van der Waals surface area contributed by atoms with E-state index < -0.39 is 5.97 Å². The van der Waals surface area contributed by atoms with Gasteiger partial charge in [-0.15, -0.1) is 11.3 Å². The largest absolute Gasteiger partial charge is 0.476 e. The van der Waals surface area contributed by atoms with E-state index in [0.717, 1.165) is 6.42 Å². The van der Waals surface area contributed by atoms with Crippen molar-refractivity contribution in [2.45, 2.75) is 19.4 Å². The minimum atomic E-state index is -1.00. The maximum Gasteiger partial charge on any atom is 0.357 e. The number of carboxylic acid groups (broad SMARTS) is 1. The molecule has 5 nitrogen and oxygen atoms in total. The van der Waals surface area contributed by atoms with Gasteiger partial charge in [-0.05, 0) is 13.3 Å². The highest BCUT2D eigenvalue weighted by molar-refractivity contribution is 7.14. The molecule has 0 spiro atoms. The Morgan fingerprint density at radius 2 is 2.53 bits per heavy atom. The molecule has 0 saturated heterocycles. The van der Waals surface area contributed by atoms with Crippen molar-refractivity contribution in [2.75, 3.05) is 19.0 Å². The van der Waals surface area contributed by atoms with Crippen LogP contribution in [-0.2, 0) is 4.74 Å². The number of carboxylic acids is 1.